The number of nitrogens with one attached hydrogen (secondary N) is 2. The molecular weight excluding hydrogens is 330 g/mol. The predicted molar refractivity (Wildman–Crippen MR) is 99.9 cm³/mol. The Bertz CT molecular complexity index is 710. The molecule has 0 saturated heterocycles. The zero-order valence-electron chi connectivity index (χ0n) is 15.7. The summed E-state index contributed by atoms with van der Waals surface area (Å²) >= 11 is 0. The molecule has 0 bridgehead atoms. The topological polar surface area (TPSA) is 67.0 Å². The summed E-state index contributed by atoms with van der Waals surface area (Å²) in [4.78, 5) is 27.9. The second kappa shape index (κ2) is 9.77. The molecule has 0 aliphatic carbocycles. The van der Waals surface area contributed by atoms with Crippen LogP contribution in [0, 0.1) is 6.92 Å². The number of nitrogens with zero attached hydrogens (tertiary/aromatic N) is 1. The third-order valence-electron chi connectivity index (χ3n) is 4.18. The Morgan fingerprint density at radius 3 is 2.50 bits per heavy atom. The number of furan rings is 1. The Labute approximate surface area is 154 Å². The third-order valence-corrected chi connectivity index (χ3v) is 4.18. The lowest BCUT2D eigenvalue weighted by atomic mass is 10.2. The summed E-state index contributed by atoms with van der Waals surface area (Å²) in [6.07, 6.45) is 1.76. The molecular formula is C20H28N3O3+. The van der Waals surface area contributed by atoms with Crippen molar-refractivity contribution in [2.45, 2.75) is 19.9 Å². The molecule has 26 heavy (non-hydrogen) atoms. The summed E-state index contributed by atoms with van der Waals surface area (Å²) in [6, 6.07) is 11.6. The molecule has 0 spiro atoms. The van der Waals surface area contributed by atoms with E-state index in [9.17, 15) is 9.59 Å². The highest BCUT2D eigenvalue weighted by molar-refractivity contribution is 5.95. The van der Waals surface area contributed by atoms with Crippen molar-refractivity contribution in [1.29, 1.82) is 0 Å². The highest BCUT2D eigenvalue weighted by Crippen LogP contribution is 2.08. The molecule has 0 aliphatic heterocycles. The van der Waals surface area contributed by atoms with Gasteiger partial charge in [-0.15, -0.1) is 0 Å². The normalized spacial score (nSPS) is 10.8. The van der Waals surface area contributed by atoms with E-state index in [1.54, 1.807) is 13.0 Å². The molecule has 1 heterocycles. The van der Waals surface area contributed by atoms with Crippen molar-refractivity contribution in [2.75, 3.05) is 33.7 Å². The SMILES string of the molecule is Cc1occc1C(=O)NCCC(=O)N(CC[NH+](C)C)Cc1ccccc1. The average Bonchev–Trinajstić information content (AvgIpc) is 3.05. The smallest absolute Gasteiger partial charge is 0.254 e. The van der Waals surface area contributed by atoms with Crippen LogP contribution in [-0.4, -0.2) is 50.4 Å². The van der Waals surface area contributed by atoms with E-state index in [0.29, 0.717) is 31.0 Å². The van der Waals surface area contributed by atoms with Crippen LogP contribution < -0.4 is 10.2 Å². The number of quaternary nitrogens is 1. The summed E-state index contributed by atoms with van der Waals surface area (Å²) in [7, 11) is 4.14. The minimum atomic E-state index is -0.212. The Kier molecular flexibility index (Phi) is 7.41. The highest BCUT2D eigenvalue weighted by Gasteiger charge is 2.16. The van der Waals surface area contributed by atoms with Crippen molar-refractivity contribution in [3.63, 3.8) is 0 Å². The van der Waals surface area contributed by atoms with E-state index >= 15 is 0 Å². The monoisotopic (exact) mass is 358 g/mol. The summed E-state index contributed by atoms with van der Waals surface area (Å²) in [5.74, 6) is 0.407. The van der Waals surface area contributed by atoms with Crippen LogP contribution in [0.3, 0.4) is 0 Å². The molecule has 0 radical (unpaired) electrons. The van der Waals surface area contributed by atoms with E-state index in [-0.39, 0.29) is 18.2 Å². The third kappa shape index (κ3) is 6.04. The van der Waals surface area contributed by atoms with Gasteiger partial charge in [0.05, 0.1) is 39.0 Å². The maximum absolute atomic E-state index is 12.6. The van der Waals surface area contributed by atoms with Gasteiger partial charge in [-0.2, -0.15) is 0 Å². The van der Waals surface area contributed by atoms with Crippen LogP contribution in [0.5, 0.6) is 0 Å². The summed E-state index contributed by atoms with van der Waals surface area (Å²) < 4.78 is 5.13. The van der Waals surface area contributed by atoms with Gasteiger partial charge in [0, 0.05) is 19.5 Å². The zero-order valence-corrected chi connectivity index (χ0v) is 15.7. The Hall–Kier alpha value is -2.60. The molecule has 2 amide bonds. The van der Waals surface area contributed by atoms with Gasteiger partial charge >= 0.3 is 0 Å². The number of hydrogen-bond acceptors (Lipinski definition) is 3. The van der Waals surface area contributed by atoms with Crippen molar-refractivity contribution in [3.05, 3.63) is 59.5 Å². The van der Waals surface area contributed by atoms with Crippen LogP contribution in [0.2, 0.25) is 0 Å². The molecule has 2 N–H and O–H groups in total. The van der Waals surface area contributed by atoms with Gasteiger partial charge in [0.1, 0.15) is 5.76 Å². The van der Waals surface area contributed by atoms with Gasteiger partial charge in [0.2, 0.25) is 5.91 Å². The summed E-state index contributed by atoms with van der Waals surface area (Å²) in [6.45, 7) is 4.19. The van der Waals surface area contributed by atoms with Crippen LogP contribution in [-0.2, 0) is 11.3 Å². The fraction of sp³-hybridized carbons (Fsp3) is 0.400. The first-order valence-corrected chi connectivity index (χ1v) is 8.90. The first kappa shape index (κ1) is 19.7. The Balaban J connectivity index is 1.88. The Morgan fingerprint density at radius 2 is 1.88 bits per heavy atom. The van der Waals surface area contributed by atoms with Crippen LogP contribution in [0.1, 0.15) is 28.1 Å². The van der Waals surface area contributed by atoms with E-state index in [0.717, 1.165) is 12.1 Å². The van der Waals surface area contributed by atoms with Gasteiger partial charge in [0.25, 0.3) is 5.91 Å². The van der Waals surface area contributed by atoms with Gasteiger partial charge in [-0.05, 0) is 18.6 Å². The second-order valence-electron chi connectivity index (χ2n) is 6.65. The molecule has 1 aromatic heterocycles. The second-order valence-corrected chi connectivity index (χ2v) is 6.65. The lowest BCUT2D eigenvalue weighted by Crippen LogP contribution is -3.06. The number of likely N-dealkylation sites (N-methyl/N-ethyl adjacent to an activating group) is 1. The number of rotatable bonds is 9. The molecule has 2 aromatic rings. The molecule has 6 nitrogen and oxygen atoms in total. The molecule has 0 unspecified atom stereocenters. The number of amides is 2. The van der Waals surface area contributed by atoms with Crippen LogP contribution in [0.25, 0.3) is 0 Å². The first-order chi connectivity index (χ1) is 12.5. The van der Waals surface area contributed by atoms with Gasteiger partial charge in [0.15, 0.2) is 0 Å². The van der Waals surface area contributed by atoms with Crippen LogP contribution in [0.4, 0.5) is 0 Å². The molecule has 0 atom stereocenters. The van der Waals surface area contributed by atoms with Crippen molar-refractivity contribution >= 4 is 11.8 Å². The van der Waals surface area contributed by atoms with E-state index < -0.39 is 0 Å². The zero-order chi connectivity index (χ0) is 18.9. The van der Waals surface area contributed by atoms with Crippen LogP contribution >= 0.6 is 0 Å². The molecule has 140 valence electrons. The van der Waals surface area contributed by atoms with Crippen molar-refractivity contribution in [1.82, 2.24) is 10.2 Å². The lowest BCUT2D eigenvalue weighted by Gasteiger charge is -2.23. The van der Waals surface area contributed by atoms with E-state index in [4.69, 9.17) is 4.42 Å². The Morgan fingerprint density at radius 1 is 1.15 bits per heavy atom. The summed E-state index contributed by atoms with van der Waals surface area (Å²) in [5, 5.41) is 2.79. The maximum atomic E-state index is 12.6. The van der Waals surface area contributed by atoms with Crippen molar-refractivity contribution in [2.24, 2.45) is 0 Å². The molecule has 6 heteroatoms. The number of aryl methyl sites for hydroxylation is 1. The molecule has 2 rings (SSSR count). The number of carbonyl (C=O) groups is 2. The summed E-state index contributed by atoms with van der Waals surface area (Å²) in [5.41, 5.74) is 1.61. The first-order valence-electron chi connectivity index (χ1n) is 8.90. The lowest BCUT2D eigenvalue weighted by molar-refractivity contribution is -0.857. The molecule has 1 aromatic carbocycles. The van der Waals surface area contributed by atoms with Gasteiger partial charge in [-0.1, -0.05) is 30.3 Å². The largest absolute Gasteiger partial charge is 0.469 e. The number of hydrogen-bond donors (Lipinski definition) is 2. The minimum absolute atomic E-state index is 0.0410. The fourth-order valence-electron chi connectivity index (χ4n) is 2.61. The van der Waals surface area contributed by atoms with Crippen LogP contribution in [0.15, 0.2) is 47.1 Å². The quantitative estimate of drug-likeness (QED) is 0.699. The van der Waals surface area contributed by atoms with Crippen molar-refractivity contribution < 1.29 is 18.9 Å². The molecule has 0 aliphatic rings. The average molecular weight is 358 g/mol. The maximum Gasteiger partial charge on any atom is 0.254 e. The van der Waals surface area contributed by atoms with Gasteiger partial charge in [-0.3, -0.25) is 9.59 Å². The van der Waals surface area contributed by atoms with E-state index in [1.165, 1.54) is 11.2 Å². The standard InChI is InChI=1S/C20H27N3O3/c1-16-18(10-14-26-16)20(25)21-11-9-19(24)23(13-12-22(2)3)15-17-7-5-4-6-8-17/h4-8,10,14H,9,11-13,15H2,1-3H3,(H,21,25)/p+1. The number of benzene rings is 1. The van der Waals surface area contributed by atoms with E-state index in [1.807, 2.05) is 35.2 Å². The molecule has 0 fully saturated rings. The van der Waals surface area contributed by atoms with Crippen molar-refractivity contribution in [3.8, 4) is 0 Å². The fourth-order valence-corrected chi connectivity index (χ4v) is 2.61. The van der Waals surface area contributed by atoms with Gasteiger partial charge in [-0.25, -0.2) is 0 Å². The van der Waals surface area contributed by atoms with E-state index in [2.05, 4.69) is 19.4 Å². The minimum Gasteiger partial charge on any atom is -0.469 e. The highest BCUT2D eigenvalue weighted by atomic mass is 16.3. The van der Waals surface area contributed by atoms with Gasteiger partial charge < -0.3 is 19.5 Å². The molecule has 0 saturated carbocycles. The number of carbonyl (C=O) groups excluding carboxylic acids is 2. The predicted octanol–water partition coefficient (Wildman–Crippen LogP) is 0.881.